The van der Waals surface area contributed by atoms with Crippen molar-refractivity contribution in [2.24, 2.45) is 0 Å². The molecule has 4 nitrogen and oxygen atoms in total. The van der Waals surface area contributed by atoms with Crippen molar-refractivity contribution in [3.8, 4) is 0 Å². The van der Waals surface area contributed by atoms with E-state index in [0.717, 1.165) is 5.82 Å². The number of nitrogens with zero attached hydrogens (tertiary/aromatic N) is 2. The lowest BCUT2D eigenvalue weighted by molar-refractivity contribution is 0.610. The Morgan fingerprint density at radius 3 is 2.62 bits per heavy atom. The molecule has 0 aliphatic carbocycles. The van der Waals surface area contributed by atoms with Crippen LogP contribution in [0.15, 0.2) is 36.5 Å². The molecule has 112 valence electrons. The molecule has 2 aromatic rings. The van der Waals surface area contributed by atoms with E-state index in [0.29, 0.717) is 24.5 Å². The summed E-state index contributed by atoms with van der Waals surface area (Å²) in [5.74, 6) is 1.14. The standard InChI is InChI=1S/C16H21FN4/c1-16(2,3)21-15-19-11-9-14(20-15)18-10-8-12-6-4-5-7-13(12)17/h4-7,9,11H,8,10H2,1-3H3,(H2,18,19,20,21). The number of rotatable bonds is 5. The van der Waals surface area contributed by atoms with Gasteiger partial charge in [0.2, 0.25) is 5.95 Å². The first-order valence-corrected chi connectivity index (χ1v) is 7.02. The van der Waals surface area contributed by atoms with E-state index in [9.17, 15) is 4.39 Å². The van der Waals surface area contributed by atoms with E-state index in [1.54, 1.807) is 24.4 Å². The summed E-state index contributed by atoms with van der Waals surface area (Å²) < 4.78 is 13.5. The number of hydrogen-bond donors (Lipinski definition) is 2. The van der Waals surface area contributed by atoms with Gasteiger partial charge in [0.15, 0.2) is 0 Å². The van der Waals surface area contributed by atoms with Crippen LogP contribution < -0.4 is 10.6 Å². The lowest BCUT2D eigenvalue weighted by Crippen LogP contribution is -2.27. The molecule has 0 fully saturated rings. The summed E-state index contributed by atoms with van der Waals surface area (Å²) in [5.41, 5.74) is 0.610. The van der Waals surface area contributed by atoms with Crippen molar-refractivity contribution < 1.29 is 4.39 Å². The van der Waals surface area contributed by atoms with Crippen molar-refractivity contribution in [1.29, 1.82) is 0 Å². The molecule has 2 rings (SSSR count). The Morgan fingerprint density at radius 2 is 1.90 bits per heavy atom. The fourth-order valence-electron chi connectivity index (χ4n) is 1.88. The Balaban J connectivity index is 1.92. The Hall–Kier alpha value is -2.17. The molecule has 0 aliphatic heterocycles. The van der Waals surface area contributed by atoms with E-state index in [-0.39, 0.29) is 11.4 Å². The van der Waals surface area contributed by atoms with E-state index in [1.165, 1.54) is 6.07 Å². The average Bonchev–Trinajstić information content (AvgIpc) is 2.39. The predicted octanol–water partition coefficient (Wildman–Crippen LogP) is 3.48. The first-order chi connectivity index (χ1) is 9.94. The third-order valence-corrected chi connectivity index (χ3v) is 2.80. The van der Waals surface area contributed by atoms with Gasteiger partial charge in [-0.05, 0) is 44.9 Å². The molecule has 21 heavy (non-hydrogen) atoms. The highest BCUT2D eigenvalue weighted by Crippen LogP contribution is 2.12. The average molecular weight is 288 g/mol. The monoisotopic (exact) mass is 288 g/mol. The van der Waals surface area contributed by atoms with Crippen LogP contribution in [0, 0.1) is 5.82 Å². The number of halogens is 1. The van der Waals surface area contributed by atoms with E-state index >= 15 is 0 Å². The molecule has 0 atom stereocenters. The van der Waals surface area contributed by atoms with E-state index in [2.05, 4.69) is 41.4 Å². The van der Waals surface area contributed by atoms with Gasteiger partial charge in [-0.25, -0.2) is 9.37 Å². The maximum atomic E-state index is 13.5. The summed E-state index contributed by atoms with van der Waals surface area (Å²) in [4.78, 5) is 8.57. The molecular formula is C16H21FN4. The summed E-state index contributed by atoms with van der Waals surface area (Å²) >= 11 is 0. The predicted molar refractivity (Wildman–Crippen MR) is 84.0 cm³/mol. The molecule has 0 saturated carbocycles. The quantitative estimate of drug-likeness (QED) is 0.884. The van der Waals surface area contributed by atoms with Gasteiger partial charge in [-0.15, -0.1) is 0 Å². The molecular weight excluding hydrogens is 267 g/mol. The zero-order chi connectivity index (χ0) is 15.3. The van der Waals surface area contributed by atoms with Crippen LogP contribution in [0.3, 0.4) is 0 Å². The molecule has 2 N–H and O–H groups in total. The number of anilines is 2. The summed E-state index contributed by atoms with van der Waals surface area (Å²) in [5, 5.41) is 6.41. The zero-order valence-electron chi connectivity index (χ0n) is 12.7. The van der Waals surface area contributed by atoms with E-state index < -0.39 is 0 Å². The molecule has 1 aromatic heterocycles. The largest absolute Gasteiger partial charge is 0.370 e. The molecule has 0 spiro atoms. The topological polar surface area (TPSA) is 49.8 Å². The van der Waals surface area contributed by atoms with E-state index in [1.807, 2.05) is 6.07 Å². The minimum absolute atomic E-state index is 0.0915. The van der Waals surface area contributed by atoms with Crippen LogP contribution in [-0.2, 0) is 6.42 Å². The van der Waals surface area contributed by atoms with Gasteiger partial charge in [-0.1, -0.05) is 18.2 Å². The lowest BCUT2D eigenvalue weighted by Gasteiger charge is -2.20. The highest BCUT2D eigenvalue weighted by molar-refractivity contribution is 5.40. The van der Waals surface area contributed by atoms with Crippen LogP contribution >= 0.6 is 0 Å². The van der Waals surface area contributed by atoms with Gasteiger partial charge in [-0.3, -0.25) is 0 Å². The second-order valence-electron chi connectivity index (χ2n) is 5.91. The zero-order valence-corrected chi connectivity index (χ0v) is 12.7. The minimum atomic E-state index is -0.169. The number of hydrogen-bond acceptors (Lipinski definition) is 4. The molecule has 0 radical (unpaired) electrons. The third kappa shape index (κ3) is 5.02. The summed E-state index contributed by atoms with van der Waals surface area (Å²) in [6.45, 7) is 6.77. The van der Waals surface area contributed by atoms with Crippen LogP contribution in [0.5, 0.6) is 0 Å². The Kier molecular flexibility index (Phi) is 4.73. The van der Waals surface area contributed by atoms with Crippen LogP contribution in [-0.4, -0.2) is 22.1 Å². The highest BCUT2D eigenvalue weighted by Gasteiger charge is 2.11. The van der Waals surface area contributed by atoms with E-state index in [4.69, 9.17) is 0 Å². The Morgan fingerprint density at radius 1 is 1.14 bits per heavy atom. The van der Waals surface area contributed by atoms with Crippen molar-refractivity contribution in [3.05, 3.63) is 47.9 Å². The van der Waals surface area contributed by atoms with Gasteiger partial charge in [0.1, 0.15) is 11.6 Å². The van der Waals surface area contributed by atoms with Crippen LogP contribution in [0.25, 0.3) is 0 Å². The van der Waals surface area contributed by atoms with Crippen LogP contribution in [0.1, 0.15) is 26.3 Å². The van der Waals surface area contributed by atoms with Gasteiger partial charge >= 0.3 is 0 Å². The molecule has 0 saturated heterocycles. The van der Waals surface area contributed by atoms with Crippen molar-refractivity contribution in [2.45, 2.75) is 32.7 Å². The molecule has 1 aromatic carbocycles. The number of nitrogens with one attached hydrogen (secondary N) is 2. The van der Waals surface area contributed by atoms with Gasteiger partial charge in [0.25, 0.3) is 0 Å². The first-order valence-electron chi connectivity index (χ1n) is 7.02. The second-order valence-corrected chi connectivity index (χ2v) is 5.91. The number of benzene rings is 1. The van der Waals surface area contributed by atoms with Crippen LogP contribution in [0.2, 0.25) is 0 Å². The summed E-state index contributed by atoms with van der Waals surface area (Å²) in [6.07, 6.45) is 2.31. The molecule has 1 heterocycles. The normalized spacial score (nSPS) is 11.2. The summed E-state index contributed by atoms with van der Waals surface area (Å²) in [6, 6.07) is 8.61. The van der Waals surface area contributed by atoms with Crippen molar-refractivity contribution in [2.75, 3.05) is 17.2 Å². The second kappa shape index (κ2) is 6.52. The Labute approximate surface area is 124 Å². The maximum Gasteiger partial charge on any atom is 0.224 e. The highest BCUT2D eigenvalue weighted by atomic mass is 19.1. The first kappa shape index (κ1) is 15.2. The molecule has 0 aliphatic rings. The summed E-state index contributed by atoms with van der Waals surface area (Å²) in [7, 11) is 0. The maximum absolute atomic E-state index is 13.5. The van der Waals surface area contributed by atoms with Crippen molar-refractivity contribution in [1.82, 2.24) is 9.97 Å². The minimum Gasteiger partial charge on any atom is -0.370 e. The van der Waals surface area contributed by atoms with Crippen LogP contribution in [0.4, 0.5) is 16.2 Å². The van der Waals surface area contributed by atoms with Crippen molar-refractivity contribution in [3.63, 3.8) is 0 Å². The van der Waals surface area contributed by atoms with Crippen molar-refractivity contribution >= 4 is 11.8 Å². The number of aromatic nitrogens is 2. The lowest BCUT2D eigenvalue weighted by atomic mass is 10.1. The fourth-order valence-corrected chi connectivity index (χ4v) is 1.88. The molecule has 0 unspecified atom stereocenters. The van der Waals surface area contributed by atoms with Gasteiger partial charge in [0.05, 0.1) is 0 Å². The molecule has 0 amide bonds. The van der Waals surface area contributed by atoms with Gasteiger partial charge < -0.3 is 10.6 Å². The fraction of sp³-hybridized carbons (Fsp3) is 0.375. The SMILES string of the molecule is CC(C)(C)Nc1nccc(NCCc2ccccc2F)n1. The molecule has 0 bridgehead atoms. The van der Waals surface area contributed by atoms with Gasteiger partial charge in [-0.2, -0.15) is 4.98 Å². The smallest absolute Gasteiger partial charge is 0.224 e. The molecule has 5 heteroatoms. The third-order valence-electron chi connectivity index (χ3n) is 2.80. The van der Waals surface area contributed by atoms with Gasteiger partial charge in [0, 0.05) is 18.3 Å². The Bertz CT molecular complexity index is 593.